The van der Waals surface area contributed by atoms with Crippen LogP contribution in [0.15, 0.2) is 182 Å². The highest BCUT2D eigenvalue weighted by molar-refractivity contribution is 6.02. The fraction of sp³-hybridized carbons (Fsp3) is 0.389. The molecule has 2 atom stereocenters. The summed E-state index contributed by atoms with van der Waals surface area (Å²) in [4.78, 5) is 7.38. The Morgan fingerprint density at radius 2 is 0.727 bits per heavy atom. The predicted octanol–water partition coefficient (Wildman–Crippen LogP) is 23.8. The Morgan fingerprint density at radius 3 is 1.14 bits per heavy atom. The molecule has 0 amide bonds. The van der Waals surface area contributed by atoms with Gasteiger partial charge in [-0.2, -0.15) is 20.4 Å². The van der Waals surface area contributed by atoms with E-state index >= 15 is 0 Å². The molecule has 2 bridgehead atoms. The number of aryl methyl sites for hydroxylation is 12. The maximum atomic E-state index is 5.65. The van der Waals surface area contributed by atoms with E-state index in [0.29, 0.717) is 49.2 Å². The number of nitrogens with one attached hydrogen (secondary N) is 1. The first-order chi connectivity index (χ1) is 61.8. The molecule has 0 spiro atoms. The van der Waals surface area contributed by atoms with Gasteiger partial charge in [0, 0.05) is 163 Å². The van der Waals surface area contributed by atoms with Crippen molar-refractivity contribution in [3.8, 4) is 45.7 Å². The second-order valence-corrected chi connectivity index (χ2v) is 36.7. The Hall–Kier alpha value is -12.6. The number of ether oxygens (including phenoxy) is 4. The number of fused-ring (bicyclic) bond motifs is 7. The van der Waals surface area contributed by atoms with Crippen LogP contribution in [-0.4, -0.2) is 124 Å². The molecule has 15 aromatic rings. The zero-order chi connectivity index (χ0) is 90.0. The van der Waals surface area contributed by atoms with Crippen LogP contribution in [0.5, 0.6) is 23.0 Å². The largest absolute Gasteiger partial charge is 0.494 e. The van der Waals surface area contributed by atoms with Gasteiger partial charge in [-0.25, -0.2) is 0 Å². The first kappa shape index (κ1) is 88.8. The number of hydrogen-bond donors (Lipinski definition) is 1. The molecule has 3 aliphatic heterocycles. The van der Waals surface area contributed by atoms with Gasteiger partial charge in [0.1, 0.15) is 23.0 Å². The van der Waals surface area contributed by atoms with Crippen molar-refractivity contribution in [3.05, 3.63) is 273 Å². The number of hydrogen-bond acceptors (Lipinski definition) is 16. The number of piperidine rings is 1. The van der Waals surface area contributed by atoms with Gasteiger partial charge in [0.05, 0.1) is 49.2 Å². The normalized spacial score (nSPS) is 16.0. The van der Waals surface area contributed by atoms with E-state index in [9.17, 15) is 0 Å². The van der Waals surface area contributed by atoms with Crippen molar-refractivity contribution in [1.82, 2.24) is 59.1 Å². The molecule has 0 unspecified atom stereocenters. The molecule has 11 heterocycles. The molecule has 1 saturated carbocycles. The summed E-state index contributed by atoms with van der Waals surface area (Å²) < 4.78 is 31.8. The van der Waals surface area contributed by atoms with Gasteiger partial charge in [0.25, 0.3) is 0 Å². The van der Waals surface area contributed by atoms with Crippen molar-refractivity contribution in [3.63, 3.8) is 0 Å². The van der Waals surface area contributed by atoms with E-state index in [1.54, 1.807) is 0 Å². The van der Waals surface area contributed by atoms with Crippen LogP contribution in [0.2, 0.25) is 0 Å². The van der Waals surface area contributed by atoms with Crippen LogP contribution in [0.4, 0.5) is 23.3 Å². The van der Waals surface area contributed by atoms with Crippen molar-refractivity contribution in [2.75, 3.05) is 79.2 Å². The maximum Gasteiger partial charge on any atom is 0.161 e. The van der Waals surface area contributed by atoms with Crippen LogP contribution in [0.3, 0.4) is 0 Å². The minimum absolute atomic E-state index is 0.306. The average molecular weight is 1710 g/mol. The van der Waals surface area contributed by atoms with Gasteiger partial charge in [-0.1, -0.05) is 113 Å². The number of rotatable bonds is 21. The molecule has 20 nitrogen and oxygen atoms in total. The minimum Gasteiger partial charge on any atom is -0.494 e. The number of nitrogens with zero attached hydrogens (tertiary/aromatic N) is 15. The van der Waals surface area contributed by atoms with Crippen LogP contribution in [-0.2, 0) is 13.0 Å². The van der Waals surface area contributed by atoms with Crippen LogP contribution in [0, 0.1) is 99.8 Å². The average Bonchev–Trinajstić information content (AvgIpc) is 1.57. The maximum absolute atomic E-state index is 5.65. The van der Waals surface area contributed by atoms with E-state index in [4.69, 9.17) is 29.1 Å². The fourth-order valence-electron chi connectivity index (χ4n) is 21.7. The Kier molecular flexibility index (Phi) is 26.2. The van der Waals surface area contributed by atoms with Gasteiger partial charge in [-0.15, -0.1) is 20.4 Å². The van der Waals surface area contributed by atoms with Gasteiger partial charge in [-0.05, 0) is 292 Å². The van der Waals surface area contributed by atoms with Crippen molar-refractivity contribution in [2.24, 2.45) is 16.7 Å². The van der Waals surface area contributed by atoms with Gasteiger partial charge < -0.3 is 57.2 Å². The molecule has 0 radical (unpaired) electrons. The lowest BCUT2D eigenvalue weighted by molar-refractivity contribution is 0.136. The van der Waals surface area contributed by atoms with Crippen molar-refractivity contribution >= 4 is 66.4 Å². The zero-order valence-corrected chi connectivity index (χ0v) is 78.9. The van der Waals surface area contributed by atoms with Crippen LogP contribution in [0.1, 0.15) is 190 Å². The Morgan fingerprint density at radius 1 is 0.375 bits per heavy atom. The molecule has 664 valence electrons. The predicted molar refractivity (Wildman–Crippen MR) is 523 cm³/mol. The minimum atomic E-state index is 0.306. The lowest BCUT2D eigenvalue weighted by Crippen LogP contribution is -2.35. The second-order valence-electron chi connectivity index (χ2n) is 36.7. The molecule has 128 heavy (non-hydrogen) atoms. The molecule has 3 fully saturated rings. The summed E-state index contributed by atoms with van der Waals surface area (Å²) in [5.74, 6) is 8.62. The molecule has 7 aromatic carbocycles. The summed E-state index contributed by atoms with van der Waals surface area (Å²) in [5.41, 5.74) is 24.3. The van der Waals surface area contributed by atoms with Crippen LogP contribution >= 0.6 is 0 Å². The summed E-state index contributed by atoms with van der Waals surface area (Å²) >= 11 is 0. The zero-order valence-electron chi connectivity index (χ0n) is 78.9. The lowest BCUT2D eigenvalue weighted by Gasteiger charge is -2.39. The van der Waals surface area contributed by atoms with Gasteiger partial charge in [-0.3, -0.25) is 0 Å². The third-order valence-corrected chi connectivity index (χ3v) is 27.1. The Labute approximate surface area is 756 Å². The highest BCUT2D eigenvalue weighted by Gasteiger charge is 2.51. The molecular formula is C108H128N16O4. The SMILES string of the molecule is CCOc1ccc(-n2c(C)c3c(C)nnc(N4CCC(C)CC4)c3c2C)cc1.CCOc1ccc(-n2c(C)c3c(C)nnc(N4CCc5ccccc5C4)c3c2C)cc1.CCOc1ccc(-n2c(C)c3c(C)nnc(N4C[C@]5(C)C[C@H]4CC(C)(C)C5)c3c2C)cc1.CCOc1ccc(-n2c(C)c3c(C)nnc(NCCC(c4ccccc4)c4ccccc4)c3c2C)cc1. The third kappa shape index (κ3) is 17.7. The summed E-state index contributed by atoms with van der Waals surface area (Å²) in [6, 6.07) is 64.0. The molecule has 1 N–H and O–H groups in total. The van der Waals surface area contributed by atoms with Crippen LogP contribution in [0.25, 0.3) is 65.8 Å². The van der Waals surface area contributed by atoms with E-state index in [1.807, 2.05) is 71.0 Å². The summed E-state index contributed by atoms with van der Waals surface area (Å²) in [7, 11) is 0. The van der Waals surface area contributed by atoms with Crippen molar-refractivity contribution in [2.45, 2.75) is 202 Å². The number of aromatic nitrogens is 12. The van der Waals surface area contributed by atoms with Gasteiger partial charge >= 0.3 is 0 Å². The van der Waals surface area contributed by atoms with E-state index in [2.05, 4.69) is 318 Å². The molecule has 2 saturated heterocycles. The topological polar surface area (TPSA) is 182 Å². The first-order valence-corrected chi connectivity index (χ1v) is 46.3. The molecule has 1 aliphatic carbocycles. The molecule has 8 aromatic heterocycles. The highest BCUT2D eigenvalue weighted by Crippen LogP contribution is 2.55. The number of benzene rings is 7. The van der Waals surface area contributed by atoms with Gasteiger partial charge in [0.15, 0.2) is 23.3 Å². The van der Waals surface area contributed by atoms with E-state index < -0.39 is 0 Å². The first-order valence-electron chi connectivity index (χ1n) is 46.3. The quantitative estimate of drug-likeness (QED) is 0.0717. The third-order valence-electron chi connectivity index (χ3n) is 27.1. The van der Waals surface area contributed by atoms with Crippen molar-refractivity contribution in [1.29, 1.82) is 0 Å². The molecule has 19 rings (SSSR count). The second kappa shape index (κ2) is 37.8. The molecule has 20 heteroatoms. The Bertz CT molecular complexity index is 6400. The smallest absolute Gasteiger partial charge is 0.161 e. The standard InChI is InChI=1S/C32H34N4O.C27H36N4O.C26H28N4O.C23H30N4O/c1-5-37-28-18-16-27(17-19-28)36-23(3)30-22(2)34-35-32(31(30)24(36)4)33-21-20-29(25-12-8-6-9-13-25)26-14-10-7-11-15-26;1-8-32-22-11-9-20(10-12-22)31-18(3)23-17(2)28-29-25(24(23)19(31)4)30-16-27(7)14-21(30)13-26(5,6)15-27;1-5-31-23-12-10-22(11-13-23)30-18(3)24-17(2)27-28-26(25(24)19(30)4)29-15-14-20-8-6-7-9-21(20)16-29;1-6-28-20-9-7-19(8-10-20)27-17(4)21-16(3)24-25-23(22(21)18(27)5)26-13-11-15(2)12-14-26/h6-19,29H,5,20-21H2,1-4H3,(H,33,35);9-12,21H,8,13-16H2,1-7H3;6-13H,5,14-16H2,1-4H3;7-10,15H,6,11-14H2,1-5H3/t;21-,27-;;/m.1../s1. The van der Waals surface area contributed by atoms with Crippen LogP contribution < -0.4 is 39.0 Å². The Balaban J connectivity index is 0.000000126. The monoisotopic (exact) mass is 1710 g/mol. The molecular weight excluding hydrogens is 1590 g/mol. The number of anilines is 4. The van der Waals surface area contributed by atoms with Crippen molar-refractivity contribution < 1.29 is 18.9 Å². The van der Waals surface area contributed by atoms with E-state index in [-0.39, 0.29) is 0 Å². The van der Waals surface area contributed by atoms with Gasteiger partial charge in [0.2, 0.25) is 0 Å². The van der Waals surface area contributed by atoms with E-state index in [1.165, 1.54) is 127 Å². The lowest BCUT2D eigenvalue weighted by atomic mass is 9.65. The summed E-state index contributed by atoms with van der Waals surface area (Å²) in [6.45, 7) is 51.9. The highest BCUT2D eigenvalue weighted by atomic mass is 16.5. The summed E-state index contributed by atoms with van der Waals surface area (Å²) in [5, 5.41) is 50.3. The summed E-state index contributed by atoms with van der Waals surface area (Å²) in [6.07, 6.45) is 8.17. The van der Waals surface area contributed by atoms with E-state index in [0.717, 1.165) is 166 Å². The fourth-order valence-corrected chi connectivity index (χ4v) is 21.7. The molecule has 4 aliphatic rings.